The molecule has 0 saturated heterocycles. The van der Waals surface area contributed by atoms with Gasteiger partial charge in [0, 0.05) is 18.9 Å². The number of fused-ring (bicyclic) bond motifs is 2. The number of nitrogens with one attached hydrogen (secondary N) is 2. The van der Waals surface area contributed by atoms with Crippen molar-refractivity contribution in [1.29, 1.82) is 0 Å². The normalized spacial score (nSPS) is 12.2. The number of carbonyl (C=O) groups excluding carboxylic acids is 2. The molecule has 35 heavy (non-hydrogen) atoms. The Hall–Kier alpha value is -4.18. The van der Waals surface area contributed by atoms with Gasteiger partial charge in [-0.2, -0.15) is 5.10 Å². The molecule has 1 aliphatic heterocycles. The van der Waals surface area contributed by atoms with E-state index in [2.05, 4.69) is 25.5 Å². The monoisotopic (exact) mass is 493 g/mol. The van der Waals surface area contributed by atoms with Gasteiger partial charge in [-0.3, -0.25) is 19.7 Å². The van der Waals surface area contributed by atoms with Crippen molar-refractivity contribution in [3.8, 4) is 5.75 Å². The highest BCUT2D eigenvalue weighted by molar-refractivity contribution is 6.40. The van der Waals surface area contributed by atoms with Gasteiger partial charge in [0.15, 0.2) is 0 Å². The predicted octanol–water partition coefficient (Wildman–Crippen LogP) is -0.456. The van der Waals surface area contributed by atoms with Crippen LogP contribution in [0.25, 0.3) is 10.9 Å². The number of anilines is 2. The second kappa shape index (κ2) is 10.4. The molecule has 11 heteroatoms. The number of carbonyl (C=O) groups is 2. The molecular weight excluding hydrogens is 470 g/mol. The molecule has 0 atom stereocenters. The fourth-order valence-electron chi connectivity index (χ4n) is 4.07. The Morgan fingerprint density at radius 2 is 2.06 bits per heavy atom. The minimum Gasteiger partial charge on any atom is -1.00 e. The summed E-state index contributed by atoms with van der Waals surface area (Å²) in [5, 5.41) is 10.0. The zero-order chi connectivity index (χ0) is 23.5. The van der Waals surface area contributed by atoms with Crippen molar-refractivity contribution >= 4 is 34.2 Å². The highest BCUT2D eigenvalue weighted by Crippen LogP contribution is 2.29. The fourth-order valence-corrected chi connectivity index (χ4v) is 4.07. The number of hydrogen-bond acceptors (Lipinski definition) is 7. The lowest BCUT2D eigenvalue weighted by Gasteiger charge is -2.25. The summed E-state index contributed by atoms with van der Waals surface area (Å²) in [5.41, 5.74) is 9.27. The molecule has 0 bridgehead atoms. The number of pyridine rings is 2. The van der Waals surface area contributed by atoms with Crippen LogP contribution in [0.5, 0.6) is 5.75 Å². The van der Waals surface area contributed by atoms with E-state index in [1.807, 2.05) is 30.3 Å². The van der Waals surface area contributed by atoms with Crippen LogP contribution in [0.1, 0.15) is 24.7 Å². The van der Waals surface area contributed by atoms with Crippen molar-refractivity contribution in [1.82, 2.24) is 25.1 Å². The Balaban J connectivity index is 0.00000180. The number of nitrogens with zero attached hydrogens (tertiary/aromatic N) is 4. The van der Waals surface area contributed by atoms with E-state index in [0.717, 1.165) is 29.7 Å². The van der Waals surface area contributed by atoms with E-state index in [0.29, 0.717) is 28.9 Å². The number of benzene rings is 1. The molecule has 180 valence electrons. The first-order chi connectivity index (χ1) is 16.6. The number of halogens is 1. The zero-order valence-corrected chi connectivity index (χ0v) is 19.5. The molecule has 2 amide bonds. The third-order valence-corrected chi connectivity index (χ3v) is 5.73. The maximum Gasteiger partial charge on any atom is 1.00 e. The van der Waals surface area contributed by atoms with Gasteiger partial charge >= 0.3 is 13.2 Å². The summed E-state index contributed by atoms with van der Waals surface area (Å²) in [4.78, 5) is 36.3. The number of ether oxygens (including phenoxy) is 1. The predicted molar refractivity (Wildman–Crippen MR) is 127 cm³/mol. The second-order valence-electron chi connectivity index (χ2n) is 7.99. The van der Waals surface area contributed by atoms with Crippen molar-refractivity contribution in [2.24, 2.45) is 0 Å². The van der Waals surface area contributed by atoms with Crippen molar-refractivity contribution in [2.75, 3.05) is 17.7 Å². The van der Waals surface area contributed by atoms with Gasteiger partial charge in [-0.1, -0.05) is 18.2 Å². The van der Waals surface area contributed by atoms with Gasteiger partial charge in [-0.05, 0) is 42.2 Å². The summed E-state index contributed by atoms with van der Waals surface area (Å²) in [6.45, 7) is 1.09. The van der Waals surface area contributed by atoms with E-state index in [4.69, 9.17) is 10.5 Å². The van der Waals surface area contributed by atoms with Gasteiger partial charge in [-0.15, -0.1) is 0 Å². The summed E-state index contributed by atoms with van der Waals surface area (Å²) in [6, 6.07) is 11.3. The second-order valence-corrected chi connectivity index (χ2v) is 7.99. The first kappa shape index (κ1) is 24.0. The van der Waals surface area contributed by atoms with Crippen LogP contribution in [0.2, 0.25) is 0 Å². The highest BCUT2D eigenvalue weighted by atomic mass is 35.5. The minimum atomic E-state index is -0.798. The molecule has 4 heterocycles. The fraction of sp³-hybridized carbons (Fsp3) is 0.208. The lowest BCUT2D eigenvalue weighted by atomic mass is 9.99. The van der Waals surface area contributed by atoms with E-state index in [-0.39, 0.29) is 32.7 Å². The summed E-state index contributed by atoms with van der Waals surface area (Å²) in [5.74, 6) is -0.387. The number of rotatable bonds is 5. The summed E-state index contributed by atoms with van der Waals surface area (Å²) < 4.78 is 5.77. The molecular formula is C24H24ClN7O3. The van der Waals surface area contributed by atoms with E-state index in [9.17, 15) is 9.59 Å². The molecule has 10 nitrogen and oxygen atoms in total. The van der Waals surface area contributed by atoms with Gasteiger partial charge in [0.25, 0.3) is 0 Å². The van der Waals surface area contributed by atoms with Crippen LogP contribution in [-0.2, 0) is 29.1 Å². The minimum absolute atomic E-state index is 0. The molecule has 5 rings (SSSR count). The Morgan fingerprint density at radius 1 is 1.17 bits per heavy atom. The Labute approximate surface area is 208 Å². The van der Waals surface area contributed by atoms with E-state index >= 15 is 0 Å². The van der Waals surface area contributed by atoms with Crippen LogP contribution >= 0.6 is 0 Å². The lowest BCUT2D eigenvalue weighted by molar-refractivity contribution is -0.144. The molecule has 4 aromatic rings. The van der Waals surface area contributed by atoms with E-state index < -0.39 is 11.8 Å². The SMILES string of the molecule is Nc1ncc(NC(=O)C(=O)N(Cc2ccccn2)Cc2cccc3c2CCCO3)c2n[nH]cc12.[Cl-].[H+]. The molecule has 1 aromatic carbocycles. The van der Waals surface area contributed by atoms with Gasteiger partial charge in [0.05, 0.1) is 36.1 Å². The number of aromatic amines is 1. The smallest absolute Gasteiger partial charge is 1.00 e. The Kier molecular flexibility index (Phi) is 7.11. The highest BCUT2D eigenvalue weighted by Gasteiger charge is 2.26. The summed E-state index contributed by atoms with van der Waals surface area (Å²) >= 11 is 0. The van der Waals surface area contributed by atoms with Crippen molar-refractivity contribution < 1.29 is 28.2 Å². The molecule has 4 N–H and O–H groups in total. The van der Waals surface area contributed by atoms with Gasteiger partial charge in [-0.25, -0.2) is 4.98 Å². The maximum absolute atomic E-state index is 13.3. The van der Waals surface area contributed by atoms with Crippen LogP contribution < -0.4 is 28.2 Å². The van der Waals surface area contributed by atoms with Crippen LogP contribution in [0.3, 0.4) is 0 Å². The van der Waals surface area contributed by atoms with Crippen LogP contribution in [0.15, 0.2) is 55.0 Å². The summed E-state index contributed by atoms with van der Waals surface area (Å²) in [6.07, 6.45) is 6.39. The standard InChI is InChI=1S/C24H23N7O3.ClH/c25-22-18-11-28-30-21(18)19(12-27-22)29-23(32)24(33)31(14-16-6-1-2-9-26-16)13-15-5-3-8-20-17(15)7-4-10-34-20;/h1-3,5-6,8-9,11-12H,4,7,10,13-14H2,(H2,25,27)(H,28,30)(H,29,32);1H. The molecule has 3 aromatic heterocycles. The topological polar surface area (TPSA) is 139 Å². The molecule has 0 fully saturated rings. The molecule has 0 aliphatic carbocycles. The Bertz CT molecular complexity index is 1370. The lowest BCUT2D eigenvalue weighted by Crippen LogP contribution is -3.00. The number of aromatic nitrogens is 4. The average molecular weight is 494 g/mol. The van der Waals surface area contributed by atoms with Crippen LogP contribution in [0, 0.1) is 0 Å². The quantitative estimate of drug-likeness (QED) is 0.320. The molecule has 0 unspecified atom stereocenters. The van der Waals surface area contributed by atoms with Gasteiger partial charge in [0.1, 0.15) is 17.1 Å². The number of amides is 2. The number of nitrogen functional groups attached to an aromatic ring is 1. The van der Waals surface area contributed by atoms with Crippen LogP contribution in [-0.4, -0.2) is 43.5 Å². The first-order valence-electron chi connectivity index (χ1n) is 10.9. The van der Waals surface area contributed by atoms with Crippen molar-refractivity contribution in [3.63, 3.8) is 0 Å². The third kappa shape index (κ3) is 5.02. The number of hydrogen-bond donors (Lipinski definition) is 3. The number of nitrogens with two attached hydrogens (primary N) is 1. The first-order valence-corrected chi connectivity index (χ1v) is 10.9. The maximum atomic E-state index is 13.3. The average Bonchev–Trinajstić information content (AvgIpc) is 3.37. The summed E-state index contributed by atoms with van der Waals surface area (Å²) in [7, 11) is 0. The van der Waals surface area contributed by atoms with Crippen molar-refractivity contribution in [2.45, 2.75) is 25.9 Å². The largest absolute Gasteiger partial charge is 1.00 e. The van der Waals surface area contributed by atoms with Gasteiger partial charge < -0.3 is 33.1 Å². The van der Waals surface area contributed by atoms with Crippen molar-refractivity contribution in [3.05, 3.63) is 71.8 Å². The zero-order valence-electron chi connectivity index (χ0n) is 19.7. The molecule has 0 spiro atoms. The third-order valence-electron chi connectivity index (χ3n) is 5.73. The molecule has 0 radical (unpaired) electrons. The van der Waals surface area contributed by atoms with E-state index in [1.165, 1.54) is 11.1 Å². The molecule has 0 saturated carbocycles. The van der Waals surface area contributed by atoms with Gasteiger partial charge in [0.2, 0.25) is 0 Å². The van der Waals surface area contributed by atoms with Crippen LogP contribution in [0.4, 0.5) is 11.5 Å². The Morgan fingerprint density at radius 3 is 2.89 bits per heavy atom. The van der Waals surface area contributed by atoms with E-state index in [1.54, 1.807) is 18.5 Å². The molecule has 1 aliphatic rings. The number of H-pyrrole nitrogens is 1.